The molecule has 10 nitrogen and oxygen atoms in total. The molecule has 2 aliphatic rings. The highest BCUT2D eigenvalue weighted by atomic mass is 19.4. The Morgan fingerprint density at radius 1 is 1.02 bits per heavy atom. The monoisotopic (exact) mass is 668 g/mol. The van der Waals surface area contributed by atoms with E-state index in [2.05, 4.69) is 20.3 Å². The maximum atomic E-state index is 13.4. The molecule has 1 fully saturated rings. The highest BCUT2D eigenvalue weighted by molar-refractivity contribution is 6.01. The van der Waals surface area contributed by atoms with Crippen molar-refractivity contribution in [2.24, 2.45) is 0 Å². The molecule has 2 aliphatic heterocycles. The van der Waals surface area contributed by atoms with E-state index >= 15 is 0 Å². The van der Waals surface area contributed by atoms with Crippen molar-refractivity contribution in [2.45, 2.75) is 43.9 Å². The first-order valence-corrected chi connectivity index (χ1v) is 14.6. The second-order valence-electron chi connectivity index (χ2n) is 11.3. The lowest BCUT2D eigenvalue weighted by Gasteiger charge is -2.30. The first-order valence-electron chi connectivity index (χ1n) is 14.6. The van der Waals surface area contributed by atoms with E-state index in [0.29, 0.717) is 25.9 Å². The summed E-state index contributed by atoms with van der Waals surface area (Å²) in [5.74, 6) is -5.18. The molecule has 1 atom stereocenters. The van der Waals surface area contributed by atoms with Crippen LogP contribution in [0.3, 0.4) is 0 Å². The minimum atomic E-state index is -5.40. The number of fused-ring (bicyclic) bond motifs is 1. The fourth-order valence-electron chi connectivity index (χ4n) is 5.74. The van der Waals surface area contributed by atoms with E-state index in [9.17, 15) is 45.8 Å². The summed E-state index contributed by atoms with van der Waals surface area (Å²) in [4.78, 5) is 40.3. The topological polar surface area (TPSA) is 122 Å². The lowest BCUT2D eigenvalue weighted by atomic mass is 9.98. The summed E-state index contributed by atoms with van der Waals surface area (Å²) < 4.78 is 89.5. The molecule has 5 rings (SSSR count). The highest BCUT2D eigenvalue weighted by Crippen LogP contribution is 2.42. The quantitative estimate of drug-likeness (QED) is 0.181. The molecule has 252 valence electrons. The molecule has 47 heavy (non-hydrogen) atoms. The Kier molecular flexibility index (Phi) is 9.54. The number of halogens is 6. The lowest BCUT2D eigenvalue weighted by Crippen LogP contribution is -2.43. The van der Waals surface area contributed by atoms with Gasteiger partial charge in [-0.1, -0.05) is 18.2 Å². The number of amides is 2. The molecule has 1 aromatic heterocycles. The summed E-state index contributed by atoms with van der Waals surface area (Å²) in [6.07, 6.45) is -9.11. The van der Waals surface area contributed by atoms with E-state index in [-0.39, 0.29) is 59.3 Å². The van der Waals surface area contributed by atoms with E-state index in [0.717, 1.165) is 18.2 Å². The van der Waals surface area contributed by atoms with Crippen molar-refractivity contribution in [1.29, 1.82) is 0 Å². The molecule has 16 heteroatoms. The summed E-state index contributed by atoms with van der Waals surface area (Å²) in [7, 11) is 1.91. The third-order valence-electron chi connectivity index (χ3n) is 7.96. The Hall–Kier alpha value is -4.57. The van der Waals surface area contributed by atoms with Crippen LogP contribution in [0, 0.1) is 0 Å². The SMILES string of the molecule is CN1CCC(NC(=O)c2ccc(-c3c(-c4cccc(OC(F)(F)F)c4)cc4n3C(CCO)CNC4=O)cc2OC(=O)C(F)(F)F)CC1. The fourth-order valence-corrected chi connectivity index (χ4v) is 5.74. The van der Waals surface area contributed by atoms with E-state index < -0.39 is 47.9 Å². The lowest BCUT2D eigenvalue weighted by molar-refractivity contribution is -0.274. The Morgan fingerprint density at radius 3 is 2.40 bits per heavy atom. The molecule has 2 aromatic carbocycles. The van der Waals surface area contributed by atoms with E-state index in [4.69, 9.17) is 4.74 Å². The van der Waals surface area contributed by atoms with Crippen LogP contribution in [0.5, 0.6) is 11.5 Å². The number of carbonyl (C=O) groups excluding carboxylic acids is 3. The Morgan fingerprint density at radius 2 is 1.74 bits per heavy atom. The number of ether oxygens (including phenoxy) is 2. The van der Waals surface area contributed by atoms with Gasteiger partial charge < -0.3 is 34.7 Å². The summed E-state index contributed by atoms with van der Waals surface area (Å²) in [5.41, 5.74) is 0.263. The number of hydrogen-bond donors (Lipinski definition) is 3. The summed E-state index contributed by atoms with van der Waals surface area (Å²) in [6, 6.07) is 8.99. The third-order valence-corrected chi connectivity index (χ3v) is 7.96. The van der Waals surface area contributed by atoms with Crippen molar-refractivity contribution in [3.8, 4) is 33.9 Å². The van der Waals surface area contributed by atoms with Crippen LogP contribution >= 0.6 is 0 Å². The van der Waals surface area contributed by atoms with Gasteiger partial charge in [0.15, 0.2) is 0 Å². The van der Waals surface area contributed by atoms with Crippen LogP contribution in [0.1, 0.15) is 46.2 Å². The minimum Gasteiger partial charge on any atom is -0.419 e. The van der Waals surface area contributed by atoms with Crippen molar-refractivity contribution in [3.63, 3.8) is 0 Å². The number of rotatable bonds is 8. The zero-order valence-corrected chi connectivity index (χ0v) is 24.9. The number of carbonyl (C=O) groups is 3. The van der Waals surface area contributed by atoms with Gasteiger partial charge in [0.25, 0.3) is 11.8 Å². The van der Waals surface area contributed by atoms with E-state index in [1.165, 1.54) is 34.9 Å². The zero-order valence-electron chi connectivity index (χ0n) is 24.9. The van der Waals surface area contributed by atoms with Crippen LogP contribution in [0.2, 0.25) is 0 Å². The Bertz CT molecular complexity index is 1660. The van der Waals surface area contributed by atoms with Gasteiger partial charge in [0, 0.05) is 30.3 Å². The smallest absolute Gasteiger partial charge is 0.419 e. The van der Waals surface area contributed by atoms with E-state index in [1.807, 2.05) is 7.05 Å². The molecular formula is C31H30F6N4O6. The van der Waals surface area contributed by atoms with Gasteiger partial charge in [-0.25, -0.2) is 4.79 Å². The van der Waals surface area contributed by atoms with Gasteiger partial charge in [0.1, 0.15) is 17.2 Å². The molecule has 1 saturated heterocycles. The number of aromatic nitrogens is 1. The predicted octanol–water partition coefficient (Wildman–Crippen LogP) is 4.68. The molecular weight excluding hydrogens is 638 g/mol. The van der Waals surface area contributed by atoms with Gasteiger partial charge in [0.2, 0.25) is 0 Å². The molecule has 0 radical (unpaired) electrons. The molecule has 3 aromatic rings. The number of hydrogen-bond acceptors (Lipinski definition) is 7. The third kappa shape index (κ3) is 7.71. The van der Waals surface area contributed by atoms with Crippen LogP contribution in [0.15, 0.2) is 48.5 Å². The average Bonchev–Trinajstić information content (AvgIpc) is 3.40. The van der Waals surface area contributed by atoms with E-state index in [1.54, 1.807) is 0 Å². The summed E-state index contributed by atoms with van der Waals surface area (Å²) in [6.45, 7) is 1.10. The van der Waals surface area contributed by atoms with Gasteiger partial charge >= 0.3 is 18.5 Å². The largest absolute Gasteiger partial charge is 0.573 e. The van der Waals surface area contributed by atoms with Crippen LogP contribution in [0.25, 0.3) is 22.4 Å². The second kappa shape index (κ2) is 13.3. The number of nitrogens with zero attached hydrogens (tertiary/aromatic N) is 2. The number of likely N-dealkylation sites (tertiary alicyclic amines) is 1. The Balaban J connectivity index is 1.66. The molecule has 3 heterocycles. The van der Waals surface area contributed by atoms with Crippen LogP contribution in [-0.2, 0) is 4.79 Å². The normalized spacial score (nSPS) is 17.5. The number of nitrogens with one attached hydrogen (secondary N) is 2. The first-order chi connectivity index (χ1) is 22.1. The zero-order chi connectivity index (χ0) is 34.1. The maximum absolute atomic E-state index is 13.4. The second-order valence-corrected chi connectivity index (χ2v) is 11.3. The maximum Gasteiger partial charge on any atom is 0.573 e. The van der Waals surface area contributed by atoms with Gasteiger partial charge in [-0.05, 0) is 75.3 Å². The van der Waals surface area contributed by atoms with Crippen molar-refractivity contribution in [2.75, 3.05) is 33.3 Å². The van der Waals surface area contributed by atoms with Gasteiger partial charge in [-0.15, -0.1) is 13.2 Å². The predicted molar refractivity (Wildman–Crippen MR) is 155 cm³/mol. The molecule has 1 unspecified atom stereocenters. The number of aliphatic hydroxyl groups is 1. The highest BCUT2D eigenvalue weighted by Gasteiger charge is 2.42. The standard InChI is InChI=1S/C31H30F6N4O6/c1-40-10-7-19(8-11-40)39-27(43)22-6-5-18(14-25(22)46-29(45)30(32,33)34)26-23(17-3-2-4-21(13-17)47-31(35,36)37)15-24-28(44)38-16-20(9-12-42)41(24)26/h2-6,13-15,19-20,42H,7-12,16H2,1H3,(H,38,44)(H,39,43). The molecule has 0 spiro atoms. The minimum absolute atomic E-state index is 0.0533. The number of benzene rings is 2. The van der Waals surface area contributed by atoms with Crippen LogP contribution in [-0.4, -0.2) is 84.2 Å². The van der Waals surface area contributed by atoms with Crippen molar-refractivity contribution < 1.29 is 55.3 Å². The van der Waals surface area contributed by atoms with Crippen molar-refractivity contribution in [3.05, 3.63) is 59.8 Å². The molecule has 0 saturated carbocycles. The number of alkyl halides is 6. The molecule has 2 amide bonds. The van der Waals surface area contributed by atoms with Crippen LogP contribution in [0.4, 0.5) is 26.3 Å². The molecule has 0 bridgehead atoms. The van der Waals surface area contributed by atoms with Gasteiger partial charge in [0.05, 0.1) is 17.3 Å². The van der Waals surface area contributed by atoms with Gasteiger partial charge in [-0.2, -0.15) is 13.2 Å². The number of aliphatic hydroxyl groups excluding tert-OH is 1. The summed E-state index contributed by atoms with van der Waals surface area (Å²) in [5, 5.41) is 15.2. The number of piperidine rings is 1. The van der Waals surface area contributed by atoms with Crippen LogP contribution < -0.4 is 20.1 Å². The van der Waals surface area contributed by atoms with Crippen molar-refractivity contribution in [1.82, 2.24) is 20.1 Å². The molecule has 3 N–H and O–H groups in total. The van der Waals surface area contributed by atoms with Crippen molar-refractivity contribution >= 4 is 17.8 Å². The number of esters is 1. The average molecular weight is 669 g/mol. The fraction of sp³-hybridized carbons (Fsp3) is 0.387. The molecule has 0 aliphatic carbocycles. The Labute approximate surface area is 264 Å². The van der Waals surface area contributed by atoms with Gasteiger partial charge in [-0.3, -0.25) is 9.59 Å². The first kappa shape index (κ1) is 33.8. The summed E-state index contributed by atoms with van der Waals surface area (Å²) >= 11 is 0.